The summed E-state index contributed by atoms with van der Waals surface area (Å²) in [5, 5.41) is 15.8. The third-order valence-corrected chi connectivity index (χ3v) is 2.88. The molecule has 0 saturated heterocycles. The number of amides is 1. The van der Waals surface area contributed by atoms with Crippen molar-refractivity contribution in [3.8, 4) is 0 Å². The molecule has 6 heteroatoms. The highest BCUT2D eigenvalue weighted by Gasteiger charge is 2.13. The van der Waals surface area contributed by atoms with Gasteiger partial charge in [-0.15, -0.1) is 0 Å². The largest absolute Gasteiger partial charge is 0.478 e. The van der Waals surface area contributed by atoms with Gasteiger partial charge < -0.3 is 10.4 Å². The first kappa shape index (κ1) is 13.8. The molecule has 104 valence electrons. The molecule has 0 unspecified atom stereocenters. The number of rotatable bonds is 4. The van der Waals surface area contributed by atoms with Crippen molar-refractivity contribution in [3.63, 3.8) is 0 Å². The van der Waals surface area contributed by atoms with Gasteiger partial charge in [-0.05, 0) is 32.0 Å². The molecule has 0 fully saturated rings. The Morgan fingerprint density at radius 3 is 2.75 bits per heavy atom. The number of carboxylic acid groups (broad SMARTS) is 1. The second-order valence-corrected chi connectivity index (χ2v) is 4.32. The number of hydrogen-bond donors (Lipinski definition) is 2. The van der Waals surface area contributed by atoms with Gasteiger partial charge in [0.2, 0.25) is 0 Å². The van der Waals surface area contributed by atoms with Gasteiger partial charge in [0.1, 0.15) is 0 Å². The molecule has 2 N–H and O–H groups in total. The Hall–Kier alpha value is -2.63. The zero-order valence-electron chi connectivity index (χ0n) is 11.3. The third kappa shape index (κ3) is 2.85. The Morgan fingerprint density at radius 1 is 1.40 bits per heavy atom. The fourth-order valence-electron chi connectivity index (χ4n) is 1.83. The number of benzene rings is 1. The van der Waals surface area contributed by atoms with Gasteiger partial charge in [0.05, 0.1) is 16.8 Å². The average Bonchev–Trinajstić information content (AvgIpc) is 2.80. The van der Waals surface area contributed by atoms with Crippen LogP contribution in [0.2, 0.25) is 0 Å². The zero-order valence-corrected chi connectivity index (χ0v) is 11.3. The summed E-state index contributed by atoms with van der Waals surface area (Å²) in [5.74, 6) is -1.33. The van der Waals surface area contributed by atoms with E-state index in [4.69, 9.17) is 5.11 Å². The molecular formula is C14H15N3O3. The van der Waals surface area contributed by atoms with E-state index in [1.165, 1.54) is 12.1 Å². The first-order chi connectivity index (χ1) is 9.51. The summed E-state index contributed by atoms with van der Waals surface area (Å²) in [6.07, 6.45) is 1.67. The van der Waals surface area contributed by atoms with Crippen LogP contribution in [0.3, 0.4) is 0 Å². The number of carboxylic acids is 1. The van der Waals surface area contributed by atoms with Crippen LogP contribution in [-0.4, -0.2) is 26.8 Å². The minimum atomic E-state index is -1.03. The van der Waals surface area contributed by atoms with Crippen molar-refractivity contribution in [3.05, 3.63) is 47.3 Å². The van der Waals surface area contributed by atoms with Crippen molar-refractivity contribution in [2.75, 3.05) is 5.32 Å². The number of carbonyl (C=O) groups excluding carboxylic acids is 1. The smallest absolute Gasteiger partial charge is 0.335 e. The molecule has 1 heterocycles. The van der Waals surface area contributed by atoms with Crippen LogP contribution in [0.15, 0.2) is 30.5 Å². The number of hydrogen-bond acceptors (Lipinski definition) is 3. The minimum absolute atomic E-state index is 0.128. The Kier molecular flexibility index (Phi) is 3.84. The lowest BCUT2D eigenvalue weighted by Gasteiger charge is -2.05. The van der Waals surface area contributed by atoms with Crippen molar-refractivity contribution < 1.29 is 14.7 Å². The third-order valence-electron chi connectivity index (χ3n) is 2.88. The summed E-state index contributed by atoms with van der Waals surface area (Å²) >= 11 is 0. The SMILES string of the molecule is CCn1cc(C(=O)Nc2cccc(C(=O)O)c2)c(C)n1. The summed E-state index contributed by atoms with van der Waals surface area (Å²) in [7, 11) is 0. The van der Waals surface area contributed by atoms with Crippen LogP contribution in [0.4, 0.5) is 5.69 Å². The number of carbonyl (C=O) groups is 2. The van der Waals surface area contributed by atoms with Gasteiger partial charge in [0.15, 0.2) is 0 Å². The average molecular weight is 273 g/mol. The summed E-state index contributed by atoms with van der Waals surface area (Å²) in [4.78, 5) is 23.0. The van der Waals surface area contributed by atoms with E-state index in [1.807, 2.05) is 6.92 Å². The minimum Gasteiger partial charge on any atom is -0.478 e. The van der Waals surface area contributed by atoms with Gasteiger partial charge in [0, 0.05) is 18.4 Å². The number of aryl methyl sites for hydroxylation is 2. The van der Waals surface area contributed by atoms with E-state index in [9.17, 15) is 9.59 Å². The maximum Gasteiger partial charge on any atom is 0.335 e. The van der Waals surface area contributed by atoms with Gasteiger partial charge >= 0.3 is 5.97 Å². The van der Waals surface area contributed by atoms with Crippen LogP contribution >= 0.6 is 0 Å². The standard InChI is InChI=1S/C14H15N3O3/c1-3-17-8-12(9(2)16-17)13(18)15-11-6-4-5-10(7-11)14(19)20/h4-8H,3H2,1-2H3,(H,15,18)(H,19,20). The molecule has 1 aromatic heterocycles. The highest BCUT2D eigenvalue weighted by molar-refractivity contribution is 6.05. The first-order valence-electron chi connectivity index (χ1n) is 6.20. The van der Waals surface area contributed by atoms with Crippen LogP contribution < -0.4 is 5.32 Å². The molecule has 2 rings (SSSR count). The summed E-state index contributed by atoms with van der Waals surface area (Å²) < 4.78 is 1.68. The molecular weight excluding hydrogens is 258 g/mol. The molecule has 1 aromatic carbocycles. The molecule has 20 heavy (non-hydrogen) atoms. The number of aromatic nitrogens is 2. The van der Waals surface area contributed by atoms with Crippen LogP contribution in [0.5, 0.6) is 0 Å². The number of nitrogens with one attached hydrogen (secondary N) is 1. The molecule has 0 aliphatic rings. The number of anilines is 1. The molecule has 6 nitrogen and oxygen atoms in total. The second-order valence-electron chi connectivity index (χ2n) is 4.32. The lowest BCUT2D eigenvalue weighted by atomic mass is 10.2. The van der Waals surface area contributed by atoms with Gasteiger partial charge in [-0.25, -0.2) is 4.79 Å². The van der Waals surface area contributed by atoms with Crippen molar-refractivity contribution in [1.29, 1.82) is 0 Å². The summed E-state index contributed by atoms with van der Waals surface area (Å²) in [6, 6.07) is 6.11. The van der Waals surface area contributed by atoms with E-state index in [2.05, 4.69) is 10.4 Å². The Morgan fingerprint density at radius 2 is 2.15 bits per heavy atom. The molecule has 2 aromatic rings. The highest BCUT2D eigenvalue weighted by atomic mass is 16.4. The molecule has 0 atom stereocenters. The van der Waals surface area contributed by atoms with Crippen molar-refractivity contribution in [1.82, 2.24) is 9.78 Å². The highest BCUT2D eigenvalue weighted by Crippen LogP contribution is 2.14. The van der Waals surface area contributed by atoms with Gasteiger partial charge in [-0.1, -0.05) is 6.07 Å². The Labute approximate surface area is 116 Å². The van der Waals surface area contributed by atoms with Crippen LogP contribution in [-0.2, 0) is 6.54 Å². The van der Waals surface area contributed by atoms with Crippen molar-refractivity contribution in [2.24, 2.45) is 0 Å². The normalized spacial score (nSPS) is 10.3. The Bertz CT molecular complexity index is 661. The zero-order chi connectivity index (χ0) is 14.7. The quantitative estimate of drug-likeness (QED) is 0.894. The monoisotopic (exact) mass is 273 g/mol. The predicted molar refractivity (Wildman–Crippen MR) is 74.0 cm³/mol. The van der Waals surface area contributed by atoms with Gasteiger partial charge in [-0.3, -0.25) is 9.48 Å². The summed E-state index contributed by atoms with van der Waals surface area (Å²) in [6.45, 7) is 4.38. The molecule has 1 amide bonds. The molecule has 0 aliphatic heterocycles. The van der Waals surface area contributed by atoms with Crippen LogP contribution in [0, 0.1) is 6.92 Å². The molecule has 0 spiro atoms. The molecule has 0 bridgehead atoms. The fourth-order valence-corrected chi connectivity index (χ4v) is 1.83. The lowest BCUT2D eigenvalue weighted by molar-refractivity contribution is 0.0696. The van der Waals surface area contributed by atoms with Crippen LogP contribution in [0.25, 0.3) is 0 Å². The van der Waals surface area contributed by atoms with Gasteiger partial charge in [0.25, 0.3) is 5.91 Å². The van der Waals surface area contributed by atoms with Crippen molar-refractivity contribution in [2.45, 2.75) is 20.4 Å². The fraction of sp³-hybridized carbons (Fsp3) is 0.214. The topological polar surface area (TPSA) is 84.2 Å². The van der Waals surface area contributed by atoms with Crippen molar-refractivity contribution >= 4 is 17.6 Å². The van der Waals surface area contributed by atoms with E-state index >= 15 is 0 Å². The predicted octanol–water partition coefficient (Wildman–Crippen LogP) is 2.16. The second kappa shape index (κ2) is 5.56. The van der Waals surface area contributed by atoms with Gasteiger partial charge in [-0.2, -0.15) is 5.10 Å². The number of aromatic carboxylic acids is 1. The Balaban J connectivity index is 2.21. The maximum atomic E-state index is 12.1. The molecule has 0 aliphatic carbocycles. The van der Waals surface area contributed by atoms with E-state index in [-0.39, 0.29) is 11.5 Å². The molecule has 0 radical (unpaired) electrons. The maximum absolute atomic E-state index is 12.1. The number of nitrogens with zero attached hydrogens (tertiary/aromatic N) is 2. The lowest BCUT2D eigenvalue weighted by Crippen LogP contribution is -2.12. The van der Waals surface area contributed by atoms with E-state index < -0.39 is 5.97 Å². The van der Waals surface area contributed by atoms with E-state index in [1.54, 1.807) is 29.9 Å². The van der Waals surface area contributed by atoms with Crippen LogP contribution in [0.1, 0.15) is 33.3 Å². The van der Waals surface area contributed by atoms with E-state index in [0.29, 0.717) is 23.5 Å². The van der Waals surface area contributed by atoms with E-state index in [0.717, 1.165) is 0 Å². The summed E-state index contributed by atoms with van der Waals surface area (Å²) in [5.41, 5.74) is 1.69. The molecule has 0 saturated carbocycles. The first-order valence-corrected chi connectivity index (χ1v) is 6.20.